The van der Waals surface area contributed by atoms with Gasteiger partial charge in [-0.05, 0) is 6.42 Å². The average Bonchev–Trinajstić information content (AvgIpc) is 2.27. The second kappa shape index (κ2) is 9.49. The average molecular weight is 245 g/mol. The summed E-state index contributed by atoms with van der Waals surface area (Å²) in [5.41, 5.74) is 1.59. The predicted molar refractivity (Wildman–Crippen MR) is 63.7 cm³/mol. The van der Waals surface area contributed by atoms with E-state index in [0.29, 0.717) is 6.42 Å². The molecule has 0 spiro atoms. The molecule has 0 aromatic rings. The van der Waals surface area contributed by atoms with Gasteiger partial charge < -0.3 is 0 Å². The molecule has 0 bridgehead atoms. The van der Waals surface area contributed by atoms with Gasteiger partial charge in [0.05, 0.1) is 5.29 Å². The topological polar surface area (TPSA) is 112 Å². The molecule has 0 aliphatic heterocycles. The van der Waals surface area contributed by atoms with E-state index in [1.807, 2.05) is 0 Å². The lowest BCUT2D eigenvalue weighted by molar-refractivity contribution is -0.526. The van der Waals surface area contributed by atoms with Crippen LogP contribution in [-0.2, 0) is 0 Å². The summed E-state index contributed by atoms with van der Waals surface area (Å²) < 4.78 is 0. The third kappa shape index (κ3) is 8.12. The van der Waals surface area contributed by atoms with Crippen LogP contribution in [0.3, 0.4) is 0 Å². The smallest absolute Gasteiger partial charge is 0.263 e. The molecule has 0 fully saturated rings. The molecule has 0 saturated heterocycles. The van der Waals surface area contributed by atoms with Crippen LogP contribution in [0.1, 0.15) is 45.4 Å². The molecule has 0 amide bonds. The maximum Gasteiger partial charge on any atom is 0.277 e. The van der Waals surface area contributed by atoms with E-state index < -0.39 is 11.0 Å². The van der Waals surface area contributed by atoms with Crippen molar-refractivity contribution in [2.24, 2.45) is 5.29 Å². The third-order valence-corrected chi connectivity index (χ3v) is 2.28. The first-order chi connectivity index (χ1) is 8.11. The van der Waals surface area contributed by atoms with Gasteiger partial charge in [0.15, 0.2) is 5.03 Å². The normalized spacial score (nSPS) is 9.71. The van der Waals surface area contributed by atoms with Crippen molar-refractivity contribution in [3.63, 3.8) is 0 Å². The van der Waals surface area contributed by atoms with Crippen LogP contribution in [-0.4, -0.2) is 22.5 Å². The van der Waals surface area contributed by atoms with Gasteiger partial charge in [-0.3, -0.25) is 5.41 Å². The Morgan fingerprint density at radius 1 is 1.35 bits per heavy atom. The molecule has 0 aliphatic rings. The Morgan fingerprint density at radius 3 is 2.47 bits per heavy atom. The molecule has 98 valence electrons. The maximum absolute atomic E-state index is 10.4. The first-order valence-electron chi connectivity index (χ1n) is 5.72. The van der Waals surface area contributed by atoms with Crippen LogP contribution < -0.4 is 5.43 Å². The van der Waals surface area contributed by atoms with E-state index in [9.17, 15) is 15.0 Å². The predicted octanol–water partition coefficient (Wildman–Crippen LogP) is 2.05. The summed E-state index contributed by atoms with van der Waals surface area (Å²) in [6.45, 7) is 2.36. The van der Waals surface area contributed by atoms with Gasteiger partial charge in [-0.15, -0.1) is 4.91 Å². The number of unbranched alkanes of at least 4 members (excludes halogenated alkanes) is 5. The molecule has 0 heterocycles. The van der Waals surface area contributed by atoms with E-state index >= 15 is 0 Å². The van der Waals surface area contributed by atoms with Crippen LogP contribution in [0, 0.1) is 20.4 Å². The SMILES string of the molecule is CCCCCCCCN(N=O)C(=N)N[N+](=O)[O-]. The summed E-state index contributed by atoms with van der Waals surface area (Å²) in [4.78, 5) is 20.4. The van der Waals surface area contributed by atoms with Crippen LogP contribution in [0.5, 0.6) is 0 Å². The Bertz CT molecular complexity index is 259. The Hall–Kier alpha value is -1.73. The third-order valence-electron chi connectivity index (χ3n) is 2.28. The van der Waals surface area contributed by atoms with Gasteiger partial charge in [0.1, 0.15) is 0 Å². The minimum atomic E-state index is -0.887. The second-order valence-corrected chi connectivity index (χ2v) is 3.69. The van der Waals surface area contributed by atoms with E-state index in [-0.39, 0.29) is 6.54 Å². The Morgan fingerprint density at radius 2 is 1.94 bits per heavy atom. The molecule has 8 heteroatoms. The fourth-order valence-electron chi connectivity index (χ4n) is 1.38. The molecule has 8 nitrogen and oxygen atoms in total. The van der Waals surface area contributed by atoms with E-state index in [0.717, 1.165) is 24.3 Å². The molecular formula is C9H19N5O3. The highest BCUT2D eigenvalue weighted by Gasteiger charge is 2.13. The Labute approximate surface area is 99.9 Å². The van der Waals surface area contributed by atoms with Gasteiger partial charge in [-0.2, -0.15) is 5.01 Å². The van der Waals surface area contributed by atoms with Crippen molar-refractivity contribution in [2.45, 2.75) is 45.4 Å². The molecule has 17 heavy (non-hydrogen) atoms. The quantitative estimate of drug-likeness (QED) is 0.161. The van der Waals surface area contributed by atoms with E-state index in [1.165, 1.54) is 12.8 Å². The molecule has 0 unspecified atom stereocenters. The highest BCUT2D eigenvalue weighted by atomic mass is 16.7. The van der Waals surface area contributed by atoms with Crippen LogP contribution in [0.2, 0.25) is 0 Å². The number of hydrogen-bond acceptors (Lipinski definition) is 5. The Kier molecular flexibility index (Phi) is 8.53. The van der Waals surface area contributed by atoms with Crippen molar-refractivity contribution in [3.8, 4) is 0 Å². The molecule has 0 aromatic heterocycles. The van der Waals surface area contributed by atoms with Gasteiger partial charge in [0.2, 0.25) is 0 Å². The van der Waals surface area contributed by atoms with Crippen molar-refractivity contribution in [1.29, 1.82) is 5.41 Å². The van der Waals surface area contributed by atoms with Gasteiger partial charge in [-0.25, -0.2) is 10.1 Å². The monoisotopic (exact) mass is 245 g/mol. The minimum absolute atomic E-state index is 0.231. The van der Waals surface area contributed by atoms with Crippen LogP contribution in [0.4, 0.5) is 0 Å². The fraction of sp³-hybridized carbons (Fsp3) is 0.889. The molecule has 0 aromatic carbocycles. The summed E-state index contributed by atoms with van der Waals surface area (Å²) in [6, 6.07) is 0. The van der Waals surface area contributed by atoms with Crippen molar-refractivity contribution in [1.82, 2.24) is 10.4 Å². The summed E-state index contributed by atoms with van der Waals surface area (Å²) >= 11 is 0. The fourth-order valence-corrected chi connectivity index (χ4v) is 1.38. The molecule has 0 radical (unpaired) electrons. The maximum atomic E-state index is 10.4. The molecule has 0 saturated carbocycles. The molecular weight excluding hydrogens is 226 g/mol. The van der Waals surface area contributed by atoms with E-state index in [4.69, 9.17) is 5.41 Å². The van der Waals surface area contributed by atoms with Gasteiger partial charge in [0, 0.05) is 6.54 Å². The van der Waals surface area contributed by atoms with Crippen molar-refractivity contribution in [2.75, 3.05) is 6.54 Å². The number of hydrogen-bond donors (Lipinski definition) is 2. The summed E-state index contributed by atoms with van der Waals surface area (Å²) in [6.07, 6.45) is 6.19. The number of nitrogens with one attached hydrogen (secondary N) is 2. The Balaban J connectivity index is 3.71. The van der Waals surface area contributed by atoms with Crippen LogP contribution >= 0.6 is 0 Å². The molecule has 0 atom stereocenters. The first kappa shape index (κ1) is 15.3. The number of nitroso groups, excluding NO2 is 1. The van der Waals surface area contributed by atoms with Crippen molar-refractivity contribution < 1.29 is 5.03 Å². The zero-order valence-corrected chi connectivity index (χ0v) is 10.0. The van der Waals surface area contributed by atoms with Crippen molar-refractivity contribution >= 4 is 5.96 Å². The highest BCUT2D eigenvalue weighted by molar-refractivity contribution is 5.74. The zero-order chi connectivity index (χ0) is 13.1. The lowest BCUT2D eigenvalue weighted by Gasteiger charge is -2.12. The number of nitro groups is 1. The minimum Gasteiger partial charge on any atom is -0.263 e. The van der Waals surface area contributed by atoms with Crippen LogP contribution in [0.15, 0.2) is 5.29 Å². The molecule has 0 rings (SSSR count). The van der Waals surface area contributed by atoms with Gasteiger partial charge in [-0.1, -0.05) is 44.5 Å². The number of nitrogens with zero attached hydrogens (tertiary/aromatic N) is 3. The zero-order valence-electron chi connectivity index (χ0n) is 10.0. The lowest BCUT2D eigenvalue weighted by atomic mass is 10.1. The first-order valence-corrected chi connectivity index (χ1v) is 5.72. The second-order valence-electron chi connectivity index (χ2n) is 3.69. The number of hydrazine groups is 1. The summed E-state index contributed by atoms with van der Waals surface area (Å²) in [5, 5.41) is 19.7. The molecule has 0 aliphatic carbocycles. The van der Waals surface area contributed by atoms with Crippen molar-refractivity contribution in [3.05, 3.63) is 15.0 Å². The summed E-state index contributed by atoms with van der Waals surface area (Å²) in [5.74, 6) is -0.599. The van der Waals surface area contributed by atoms with E-state index in [1.54, 1.807) is 5.43 Å². The van der Waals surface area contributed by atoms with E-state index in [2.05, 4.69) is 12.2 Å². The number of rotatable bonds is 9. The van der Waals surface area contributed by atoms with Crippen LogP contribution in [0.25, 0.3) is 0 Å². The van der Waals surface area contributed by atoms with Gasteiger partial charge >= 0.3 is 0 Å². The highest BCUT2D eigenvalue weighted by Crippen LogP contribution is 2.06. The summed E-state index contributed by atoms with van der Waals surface area (Å²) in [7, 11) is 0. The standard InChI is InChI=1S/C9H19N5O3/c1-2-3-4-5-6-7-8-13(12-15)9(10)11-14(16)17/h2-8H2,1H3,(H2,10,11). The molecule has 2 N–H and O–H groups in total. The largest absolute Gasteiger partial charge is 0.277 e. The lowest BCUT2D eigenvalue weighted by Crippen LogP contribution is -2.40. The number of guanidine groups is 1. The van der Waals surface area contributed by atoms with Gasteiger partial charge in [0.25, 0.3) is 5.96 Å².